The molecule has 4 nitrogen and oxygen atoms in total. The lowest BCUT2D eigenvalue weighted by atomic mass is 9.88. The van der Waals surface area contributed by atoms with Crippen LogP contribution >= 0.6 is 0 Å². The fraction of sp³-hybridized carbons (Fsp3) is 0.923. The van der Waals surface area contributed by atoms with Crippen LogP contribution in [-0.4, -0.2) is 48.7 Å². The Labute approximate surface area is 103 Å². The van der Waals surface area contributed by atoms with Gasteiger partial charge in [0.25, 0.3) is 0 Å². The second-order valence-electron chi connectivity index (χ2n) is 5.48. The summed E-state index contributed by atoms with van der Waals surface area (Å²) >= 11 is 0. The van der Waals surface area contributed by atoms with E-state index in [9.17, 15) is 4.79 Å². The molecule has 1 amide bonds. The molecule has 0 aromatic rings. The number of ether oxygens (including phenoxy) is 1. The maximum Gasteiger partial charge on any atom is 0.249 e. The monoisotopic (exact) mass is 238 g/mol. The van der Waals surface area contributed by atoms with Crippen molar-refractivity contribution in [2.75, 3.05) is 19.7 Å². The number of carbonyl (C=O) groups is 1. The van der Waals surface area contributed by atoms with Crippen LogP contribution in [0, 0.1) is 0 Å². The van der Waals surface area contributed by atoms with E-state index in [1.165, 1.54) is 12.8 Å². The summed E-state index contributed by atoms with van der Waals surface area (Å²) in [5.41, 5.74) is 0. The van der Waals surface area contributed by atoms with Gasteiger partial charge in [-0.2, -0.15) is 0 Å². The number of morpholine rings is 1. The molecule has 17 heavy (non-hydrogen) atoms. The van der Waals surface area contributed by atoms with Crippen LogP contribution < -0.4 is 5.32 Å². The molecule has 2 atom stereocenters. The Morgan fingerprint density at radius 3 is 2.71 bits per heavy atom. The van der Waals surface area contributed by atoms with Crippen LogP contribution in [-0.2, 0) is 9.53 Å². The summed E-state index contributed by atoms with van der Waals surface area (Å²) in [7, 11) is 0. The van der Waals surface area contributed by atoms with Crippen LogP contribution in [0.5, 0.6) is 0 Å². The van der Waals surface area contributed by atoms with Crippen LogP contribution in [0.1, 0.15) is 38.5 Å². The molecule has 2 saturated heterocycles. The van der Waals surface area contributed by atoms with Gasteiger partial charge in [-0.15, -0.1) is 0 Å². The molecule has 96 valence electrons. The smallest absolute Gasteiger partial charge is 0.249 e. The Morgan fingerprint density at radius 1 is 1.12 bits per heavy atom. The minimum atomic E-state index is 0.222. The first-order chi connectivity index (χ1) is 8.36. The Balaban J connectivity index is 1.75. The normalized spacial score (nSPS) is 35.8. The van der Waals surface area contributed by atoms with E-state index in [1.807, 2.05) is 0 Å². The van der Waals surface area contributed by atoms with Gasteiger partial charge in [-0.3, -0.25) is 4.79 Å². The first kappa shape index (κ1) is 11.5. The molecule has 1 N–H and O–H groups in total. The van der Waals surface area contributed by atoms with Crippen molar-refractivity contribution in [3.63, 3.8) is 0 Å². The molecule has 0 aromatic heterocycles. The fourth-order valence-corrected chi connectivity index (χ4v) is 3.59. The number of hydrogen-bond acceptors (Lipinski definition) is 3. The highest BCUT2D eigenvalue weighted by atomic mass is 16.5. The third kappa shape index (κ3) is 2.20. The first-order valence-electron chi connectivity index (χ1n) is 7.00. The van der Waals surface area contributed by atoms with Gasteiger partial charge in [0.1, 0.15) is 6.61 Å². The van der Waals surface area contributed by atoms with Gasteiger partial charge < -0.3 is 15.0 Å². The standard InChI is InChI=1S/C13H22N2O2/c16-13-9-17-12-4-2-1-3-11(12)15(13)10-5-7-14-8-6-10/h10-12,14H,1-9H2/t11-,12-/m0/s1. The van der Waals surface area contributed by atoms with Crippen molar-refractivity contribution < 1.29 is 9.53 Å². The molecule has 0 radical (unpaired) electrons. The van der Waals surface area contributed by atoms with Crippen molar-refractivity contribution in [3.8, 4) is 0 Å². The molecule has 0 bridgehead atoms. The van der Waals surface area contributed by atoms with Crippen LogP contribution in [0.15, 0.2) is 0 Å². The van der Waals surface area contributed by atoms with Gasteiger partial charge in [0.05, 0.1) is 12.1 Å². The number of nitrogens with zero attached hydrogens (tertiary/aromatic N) is 1. The van der Waals surface area contributed by atoms with Crippen molar-refractivity contribution in [2.45, 2.75) is 56.7 Å². The number of amides is 1. The predicted octanol–water partition coefficient (Wildman–Crippen LogP) is 0.908. The van der Waals surface area contributed by atoms with Crippen LogP contribution in [0.25, 0.3) is 0 Å². The summed E-state index contributed by atoms with van der Waals surface area (Å²) in [6.45, 7) is 2.41. The lowest BCUT2D eigenvalue weighted by Crippen LogP contribution is -2.60. The second-order valence-corrected chi connectivity index (χ2v) is 5.48. The Morgan fingerprint density at radius 2 is 1.88 bits per heavy atom. The summed E-state index contributed by atoms with van der Waals surface area (Å²) in [4.78, 5) is 14.3. The van der Waals surface area contributed by atoms with E-state index >= 15 is 0 Å². The third-order valence-corrected chi connectivity index (χ3v) is 4.44. The summed E-state index contributed by atoms with van der Waals surface area (Å²) in [5, 5.41) is 3.37. The molecule has 0 aromatic carbocycles. The van der Waals surface area contributed by atoms with Crippen LogP contribution in [0.2, 0.25) is 0 Å². The molecule has 2 aliphatic heterocycles. The zero-order chi connectivity index (χ0) is 11.7. The Kier molecular flexibility index (Phi) is 3.34. The van der Waals surface area contributed by atoms with Gasteiger partial charge in [0, 0.05) is 6.04 Å². The summed E-state index contributed by atoms with van der Waals surface area (Å²) < 4.78 is 5.71. The van der Waals surface area contributed by atoms with E-state index < -0.39 is 0 Å². The van der Waals surface area contributed by atoms with Gasteiger partial charge in [0.15, 0.2) is 0 Å². The molecular formula is C13H22N2O2. The van der Waals surface area contributed by atoms with E-state index in [4.69, 9.17) is 4.74 Å². The number of rotatable bonds is 1. The number of carbonyl (C=O) groups excluding carboxylic acids is 1. The highest BCUT2D eigenvalue weighted by Gasteiger charge is 2.41. The molecular weight excluding hydrogens is 216 g/mol. The molecule has 0 unspecified atom stereocenters. The number of nitrogens with one attached hydrogen (secondary N) is 1. The SMILES string of the molecule is O=C1CO[C@H]2CCCC[C@@H]2N1C1CCNCC1. The van der Waals surface area contributed by atoms with E-state index in [-0.39, 0.29) is 5.91 Å². The topological polar surface area (TPSA) is 41.6 Å². The highest BCUT2D eigenvalue weighted by Crippen LogP contribution is 2.31. The van der Waals surface area contributed by atoms with E-state index in [0.717, 1.165) is 38.8 Å². The summed E-state index contributed by atoms with van der Waals surface area (Å²) in [6, 6.07) is 0.825. The molecule has 0 spiro atoms. The Bertz CT molecular complexity index is 289. The zero-order valence-electron chi connectivity index (χ0n) is 10.4. The van der Waals surface area contributed by atoms with Gasteiger partial charge in [-0.05, 0) is 38.8 Å². The molecule has 3 rings (SSSR count). The van der Waals surface area contributed by atoms with Crippen molar-refractivity contribution in [2.24, 2.45) is 0 Å². The summed E-state index contributed by atoms with van der Waals surface area (Å²) in [5.74, 6) is 0.222. The lowest BCUT2D eigenvalue weighted by Gasteiger charge is -2.48. The zero-order valence-corrected chi connectivity index (χ0v) is 10.4. The van der Waals surface area contributed by atoms with Crippen molar-refractivity contribution >= 4 is 5.91 Å². The number of piperidine rings is 1. The average Bonchev–Trinajstić information content (AvgIpc) is 2.39. The minimum Gasteiger partial charge on any atom is -0.366 e. The van der Waals surface area contributed by atoms with Crippen LogP contribution in [0.4, 0.5) is 0 Å². The molecule has 3 aliphatic rings. The number of hydrogen-bond donors (Lipinski definition) is 1. The van der Waals surface area contributed by atoms with Crippen molar-refractivity contribution in [1.82, 2.24) is 10.2 Å². The van der Waals surface area contributed by atoms with E-state index in [0.29, 0.717) is 24.8 Å². The first-order valence-corrected chi connectivity index (χ1v) is 7.00. The van der Waals surface area contributed by atoms with E-state index in [2.05, 4.69) is 10.2 Å². The lowest BCUT2D eigenvalue weighted by molar-refractivity contribution is -0.166. The van der Waals surface area contributed by atoms with Crippen molar-refractivity contribution in [1.29, 1.82) is 0 Å². The van der Waals surface area contributed by atoms with Crippen LogP contribution in [0.3, 0.4) is 0 Å². The Hall–Kier alpha value is -0.610. The average molecular weight is 238 g/mol. The quantitative estimate of drug-likeness (QED) is 0.738. The van der Waals surface area contributed by atoms with Gasteiger partial charge >= 0.3 is 0 Å². The predicted molar refractivity (Wildman–Crippen MR) is 64.7 cm³/mol. The van der Waals surface area contributed by atoms with Gasteiger partial charge in [-0.1, -0.05) is 12.8 Å². The molecule has 4 heteroatoms. The van der Waals surface area contributed by atoms with E-state index in [1.54, 1.807) is 0 Å². The second kappa shape index (κ2) is 4.94. The number of fused-ring (bicyclic) bond motifs is 1. The maximum absolute atomic E-state index is 12.1. The van der Waals surface area contributed by atoms with Crippen molar-refractivity contribution in [3.05, 3.63) is 0 Å². The summed E-state index contributed by atoms with van der Waals surface area (Å²) in [6.07, 6.45) is 7.31. The fourth-order valence-electron chi connectivity index (χ4n) is 3.59. The molecule has 1 saturated carbocycles. The molecule has 2 heterocycles. The minimum absolute atomic E-state index is 0.222. The maximum atomic E-state index is 12.1. The van der Waals surface area contributed by atoms with Gasteiger partial charge in [0.2, 0.25) is 5.91 Å². The largest absolute Gasteiger partial charge is 0.366 e. The highest BCUT2D eigenvalue weighted by molar-refractivity contribution is 5.79. The molecule has 1 aliphatic carbocycles. The van der Waals surface area contributed by atoms with Gasteiger partial charge in [-0.25, -0.2) is 0 Å². The third-order valence-electron chi connectivity index (χ3n) is 4.44. The molecule has 3 fully saturated rings.